The first-order chi connectivity index (χ1) is 18.4. The number of benzene rings is 1. The summed E-state index contributed by atoms with van der Waals surface area (Å²) >= 11 is 0. The van der Waals surface area contributed by atoms with E-state index in [1.165, 1.54) is 7.11 Å². The average molecular weight is 512 g/mol. The molecule has 2 aliphatic heterocycles. The van der Waals surface area contributed by atoms with Gasteiger partial charge in [0.05, 0.1) is 24.4 Å². The maximum atomic E-state index is 13.0. The summed E-state index contributed by atoms with van der Waals surface area (Å²) in [5, 5.41) is 5.90. The molecule has 1 aromatic heterocycles. The van der Waals surface area contributed by atoms with Crippen LogP contribution in [0, 0.1) is 11.8 Å². The Morgan fingerprint density at radius 1 is 1.29 bits per heavy atom. The van der Waals surface area contributed by atoms with Crippen molar-refractivity contribution in [1.82, 2.24) is 15.2 Å². The van der Waals surface area contributed by atoms with Gasteiger partial charge in [-0.05, 0) is 56.9 Å². The Balaban J connectivity index is 1.74. The SMILES string of the molecule is CC#CC(=O)N1CCC[C@H]1C(C)=N/C(=C1\NC=CN=C1N)c1ccc(C(=O)Nc2ccccn2)c(OC)c1. The van der Waals surface area contributed by atoms with Gasteiger partial charge in [0.15, 0.2) is 0 Å². The monoisotopic (exact) mass is 511 g/mol. The molecule has 4 N–H and O–H groups in total. The van der Waals surface area contributed by atoms with Crippen molar-refractivity contribution in [3.8, 4) is 17.6 Å². The van der Waals surface area contributed by atoms with E-state index in [2.05, 4.69) is 32.5 Å². The highest BCUT2D eigenvalue weighted by Gasteiger charge is 2.30. The van der Waals surface area contributed by atoms with Crippen molar-refractivity contribution in [3.05, 3.63) is 71.8 Å². The summed E-state index contributed by atoms with van der Waals surface area (Å²) in [4.78, 5) is 40.5. The highest BCUT2D eigenvalue weighted by atomic mass is 16.5. The molecule has 0 unspecified atom stereocenters. The zero-order chi connectivity index (χ0) is 27.1. The number of ether oxygens (including phenoxy) is 1. The Hall–Kier alpha value is -4.91. The lowest BCUT2D eigenvalue weighted by Crippen LogP contribution is -2.39. The van der Waals surface area contributed by atoms with E-state index in [9.17, 15) is 9.59 Å². The topological polar surface area (TPSA) is 134 Å². The first-order valence-electron chi connectivity index (χ1n) is 12.1. The van der Waals surface area contributed by atoms with Crippen molar-refractivity contribution in [2.75, 3.05) is 19.0 Å². The van der Waals surface area contributed by atoms with Gasteiger partial charge in [-0.2, -0.15) is 0 Å². The standard InChI is InChI=1S/C28H29N7O3/c1-4-8-24(36)35-16-7-9-21(35)18(2)33-25(26-27(29)32-15-14-31-26)19-11-12-20(22(17-19)38-3)28(37)34-23-10-5-6-13-30-23/h5-6,10-15,17,21,31H,7,9,16H2,1-3H3,(H2,29,32)(H,30,34,37)/b26-25-,33-18?/t21-/m0/s1. The van der Waals surface area contributed by atoms with Crippen LogP contribution in [0.5, 0.6) is 5.75 Å². The van der Waals surface area contributed by atoms with Gasteiger partial charge in [-0.1, -0.05) is 18.1 Å². The predicted molar refractivity (Wildman–Crippen MR) is 147 cm³/mol. The summed E-state index contributed by atoms with van der Waals surface area (Å²) in [7, 11) is 1.49. The number of likely N-dealkylation sites (tertiary alicyclic amines) is 1. The van der Waals surface area contributed by atoms with Crippen molar-refractivity contribution in [3.63, 3.8) is 0 Å². The number of amidine groups is 1. The molecule has 0 saturated carbocycles. The molecule has 1 atom stereocenters. The number of aliphatic imine (C=N–C) groups is 2. The minimum atomic E-state index is -0.363. The molecule has 0 bridgehead atoms. The molecule has 2 aromatic rings. The van der Waals surface area contributed by atoms with Crippen molar-refractivity contribution in [1.29, 1.82) is 0 Å². The van der Waals surface area contributed by atoms with Gasteiger partial charge in [0, 0.05) is 36.4 Å². The normalized spacial score (nSPS) is 18.1. The third-order valence-corrected chi connectivity index (χ3v) is 6.15. The zero-order valence-electron chi connectivity index (χ0n) is 21.5. The van der Waals surface area contributed by atoms with Gasteiger partial charge < -0.3 is 26.0 Å². The lowest BCUT2D eigenvalue weighted by atomic mass is 10.0. The van der Waals surface area contributed by atoms with E-state index < -0.39 is 0 Å². The number of amides is 2. The van der Waals surface area contributed by atoms with Gasteiger partial charge in [-0.25, -0.2) is 9.98 Å². The summed E-state index contributed by atoms with van der Waals surface area (Å²) in [6, 6.07) is 10.2. The quantitative estimate of drug-likeness (QED) is 0.403. The number of carbonyl (C=O) groups is 2. The fraction of sp³-hybridized carbons (Fsp3) is 0.250. The molecule has 0 spiro atoms. The number of nitrogens with one attached hydrogen (secondary N) is 2. The van der Waals surface area contributed by atoms with E-state index in [1.54, 1.807) is 66.8 Å². The Kier molecular flexibility index (Phi) is 8.18. The third kappa shape index (κ3) is 5.73. The number of nitrogens with zero attached hydrogens (tertiary/aromatic N) is 4. The molecule has 1 fully saturated rings. The summed E-state index contributed by atoms with van der Waals surface area (Å²) in [6.45, 7) is 4.15. The second-order valence-corrected chi connectivity index (χ2v) is 8.57. The fourth-order valence-electron chi connectivity index (χ4n) is 4.35. The minimum absolute atomic E-state index is 0.193. The smallest absolute Gasteiger partial charge is 0.299 e. The Bertz CT molecular complexity index is 1410. The lowest BCUT2D eigenvalue weighted by molar-refractivity contribution is -0.124. The van der Waals surface area contributed by atoms with Gasteiger partial charge in [0.25, 0.3) is 11.8 Å². The predicted octanol–water partition coefficient (Wildman–Crippen LogP) is 2.92. The first-order valence-corrected chi connectivity index (χ1v) is 12.1. The summed E-state index contributed by atoms with van der Waals surface area (Å²) in [5.41, 5.74) is 8.94. The van der Waals surface area contributed by atoms with Crippen LogP contribution in [0.4, 0.5) is 5.82 Å². The van der Waals surface area contributed by atoms with Crippen molar-refractivity contribution >= 4 is 34.9 Å². The molecule has 0 aliphatic carbocycles. The van der Waals surface area contributed by atoms with Crippen LogP contribution in [-0.4, -0.2) is 52.9 Å². The largest absolute Gasteiger partial charge is 0.496 e. The molecule has 10 heteroatoms. The van der Waals surface area contributed by atoms with Crippen molar-refractivity contribution < 1.29 is 14.3 Å². The highest BCUT2D eigenvalue weighted by Crippen LogP contribution is 2.29. The van der Waals surface area contributed by atoms with Gasteiger partial charge >= 0.3 is 0 Å². The van der Waals surface area contributed by atoms with E-state index in [0.29, 0.717) is 40.6 Å². The van der Waals surface area contributed by atoms with Gasteiger partial charge in [-0.3, -0.25) is 14.6 Å². The molecular weight excluding hydrogens is 482 g/mol. The minimum Gasteiger partial charge on any atom is -0.496 e. The van der Waals surface area contributed by atoms with Crippen LogP contribution in [-0.2, 0) is 4.79 Å². The number of carbonyl (C=O) groups excluding carboxylic acids is 2. The number of aromatic nitrogens is 1. The summed E-state index contributed by atoms with van der Waals surface area (Å²) < 4.78 is 5.57. The van der Waals surface area contributed by atoms with E-state index >= 15 is 0 Å². The molecule has 1 saturated heterocycles. The number of nitrogens with two attached hydrogens (primary N) is 1. The van der Waals surface area contributed by atoms with E-state index in [0.717, 1.165) is 18.6 Å². The second-order valence-electron chi connectivity index (χ2n) is 8.57. The molecule has 1 aromatic carbocycles. The maximum Gasteiger partial charge on any atom is 0.299 e. The van der Waals surface area contributed by atoms with E-state index in [4.69, 9.17) is 15.5 Å². The number of hydrogen-bond acceptors (Lipinski definition) is 8. The Morgan fingerprint density at radius 2 is 2.13 bits per heavy atom. The Morgan fingerprint density at radius 3 is 2.84 bits per heavy atom. The molecule has 10 nitrogen and oxygen atoms in total. The molecule has 38 heavy (non-hydrogen) atoms. The van der Waals surface area contributed by atoms with Gasteiger partial charge in [-0.15, -0.1) is 0 Å². The van der Waals surface area contributed by atoms with Crippen LogP contribution in [0.3, 0.4) is 0 Å². The summed E-state index contributed by atoms with van der Waals surface area (Å²) in [5.74, 6) is 5.76. The van der Waals surface area contributed by atoms with Crippen LogP contribution < -0.4 is 21.1 Å². The van der Waals surface area contributed by atoms with Crippen LogP contribution in [0.15, 0.2) is 70.7 Å². The second kappa shape index (κ2) is 11.9. The number of rotatable bonds is 6. The van der Waals surface area contributed by atoms with Crippen LogP contribution in [0.1, 0.15) is 42.6 Å². The third-order valence-electron chi connectivity index (χ3n) is 6.15. The molecule has 0 radical (unpaired) electrons. The van der Waals surface area contributed by atoms with E-state index in [-0.39, 0.29) is 23.7 Å². The number of anilines is 1. The van der Waals surface area contributed by atoms with Crippen molar-refractivity contribution in [2.24, 2.45) is 15.7 Å². The highest BCUT2D eigenvalue weighted by molar-refractivity contribution is 6.08. The fourth-order valence-corrected chi connectivity index (χ4v) is 4.35. The number of methoxy groups -OCH3 is 1. The van der Waals surface area contributed by atoms with Crippen LogP contribution in [0.25, 0.3) is 5.70 Å². The first kappa shape index (κ1) is 26.2. The molecular formula is C28H29N7O3. The van der Waals surface area contributed by atoms with E-state index in [1.807, 2.05) is 6.92 Å². The Labute approximate surface area is 221 Å². The molecule has 3 heterocycles. The lowest BCUT2D eigenvalue weighted by Gasteiger charge is -2.23. The average Bonchev–Trinajstić information content (AvgIpc) is 3.43. The van der Waals surface area contributed by atoms with Crippen LogP contribution >= 0.6 is 0 Å². The zero-order valence-corrected chi connectivity index (χ0v) is 21.5. The number of pyridine rings is 1. The molecule has 194 valence electrons. The van der Waals surface area contributed by atoms with Crippen LogP contribution in [0.2, 0.25) is 0 Å². The molecule has 4 rings (SSSR count). The molecule has 2 amide bonds. The molecule has 2 aliphatic rings. The number of hydrogen-bond donors (Lipinski definition) is 3. The van der Waals surface area contributed by atoms with Gasteiger partial charge in [0.2, 0.25) is 0 Å². The van der Waals surface area contributed by atoms with Gasteiger partial charge in [0.1, 0.15) is 23.1 Å². The summed E-state index contributed by atoms with van der Waals surface area (Å²) in [6.07, 6.45) is 6.45. The van der Waals surface area contributed by atoms with Crippen molar-refractivity contribution in [2.45, 2.75) is 32.7 Å². The maximum absolute atomic E-state index is 13.0.